The first kappa shape index (κ1) is 13.7. The molecule has 0 saturated heterocycles. The average Bonchev–Trinajstić information content (AvgIpc) is 2.36. The third-order valence-corrected chi connectivity index (χ3v) is 3.00. The van der Waals surface area contributed by atoms with Gasteiger partial charge in [0.1, 0.15) is 0 Å². The van der Waals surface area contributed by atoms with Gasteiger partial charge in [-0.05, 0) is 36.6 Å². The molecule has 0 unspecified atom stereocenters. The Kier molecular flexibility index (Phi) is 3.97. The first-order chi connectivity index (χ1) is 8.96. The van der Waals surface area contributed by atoms with Gasteiger partial charge >= 0.3 is 6.18 Å². The van der Waals surface area contributed by atoms with Crippen molar-refractivity contribution in [1.29, 1.82) is 0 Å². The number of rotatable bonds is 3. The molecule has 1 aromatic carbocycles. The molecule has 0 spiro atoms. The molecule has 2 N–H and O–H groups in total. The lowest BCUT2D eigenvalue weighted by Crippen LogP contribution is -2.28. The number of hydrogen-bond donors (Lipinski definition) is 2. The number of aryl methyl sites for hydroxylation is 1. The van der Waals surface area contributed by atoms with Crippen molar-refractivity contribution in [2.45, 2.75) is 25.4 Å². The summed E-state index contributed by atoms with van der Waals surface area (Å²) in [5, 5.41) is 5.49. The van der Waals surface area contributed by atoms with E-state index in [1.54, 1.807) is 18.2 Å². The number of fused-ring (bicyclic) bond motifs is 1. The van der Waals surface area contributed by atoms with Crippen molar-refractivity contribution in [3.8, 4) is 0 Å². The van der Waals surface area contributed by atoms with Crippen LogP contribution in [0.4, 0.5) is 18.9 Å². The van der Waals surface area contributed by atoms with Crippen LogP contribution in [0.5, 0.6) is 0 Å². The van der Waals surface area contributed by atoms with Gasteiger partial charge in [-0.15, -0.1) is 0 Å². The molecule has 0 saturated carbocycles. The molecule has 1 amide bonds. The molecule has 6 heteroatoms. The van der Waals surface area contributed by atoms with Gasteiger partial charge in [0, 0.05) is 24.3 Å². The monoisotopic (exact) mass is 272 g/mol. The fourth-order valence-corrected chi connectivity index (χ4v) is 2.04. The molecule has 0 aromatic heterocycles. The Bertz CT molecular complexity index is 471. The van der Waals surface area contributed by atoms with E-state index in [1.165, 1.54) is 0 Å². The molecule has 1 aliphatic rings. The minimum atomic E-state index is -4.24. The van der Waals surface area contributed by atoms with Crippen LogP contribution in [0.2, 0.25) is 0 Å². The Labute approximate surface area is 109 Å². The lowest BCUT2D eigenvalue weighted by atomic mass is 10.0. The van der Waals surface area contributed by atoms with E-state index in [9.17, 15) is 18.0 Å². The van der Waals surface area contributed by atoms with Crippen LogP contribution in [0.1, 0.15) is 28.8 Å². The van der Waals surface area contributed by atoms with Crippen LogP contribution in [0.3, 0.4) is 0 Å². The van der Waals surface area contributed by atoms with Gasteiger partial charge in [-0.3, -0.25) is 4.79 Å². The Morgan fingerprint density at radius 3 is 2.89 bits per heavy atom. The first-order valence-corrected chi connectivity index (χ1v) is 6.17. The molecule has 2 rings (SSSR count). The highest BCUT2D eigenvalue weighted by molar-refractivity contribution is 5.94. The zero-order chi connectivity index (χ0) is 13.9. The molecular weight excluding hydrogens is 257 g/mol. The van der Waals surface area contributed by atoms with E-state index in [0.29, 0.717) is 5.56 Å². The number of carbonyl (C=O) groups excluding carboxylic acids is 1. The summed E-state index contributed by atoms with van der Waals surface area (Å²) in [4.78, 5) is 11.7. The summed E-state index contributed by atoms with van der Waals surface area (Å²) in [6.45, 7) is 0.516. The highest BCUT2D eigenvalue weighted by Gasteiger charge is 2.26. The molecule has 19 heavy (non-hydrogen) atoms. The second-order valence-electron chi connectivity index (χ2n) is 4.52. The van der Waals surface area contributed by atoms with E-state index in [4.69, 9.17) is 0 Å². The molecule has 1 aliphatic heterocycles. The van der Waals surface area contributed by atoms with Gasteiger partial charge in [0.05, 0.1) is 6.42 Å². The summed E-state index contributed by atoms with van der Waals surface area (Å²) in [5.74, 6) is -0.461. The smallest absolute Gasteiger partial charge is 0.385 e. The number of nitrogens with one attached hydrogen (secondary N) is 2. The van der Waals surface area contributed by atoms with Gasteiger partial charge in [-0.1, -0.05) is 0 Å². The fourth-order valence-electron chi connectivity index (χ4n) is 2.04. The van der Waals surface area contributed by atoms with Gasteiger partial charge in [-0.25, -0.2) is 0 Å². The van der Waals surface area contributed by atoms with E-state index in [-0.39, 0.29) is 0 Å². The lowest BCUT2D eigenvalue weighted by Gasteiger charge is -2.18. The third-order valence-electron chi connectivity index (χ3n) is 3.00. The van der Waals surface area contributed by atoms with E-state index < -0.39 is 25.0 Å². The minimum absolute atomic E-state index is 0.391. The normalized spacial score (nSPS) is 14.5. The van der Waals surface area contributed by atoms with E-state index in [1.807, 2.05) is 0 Å². The lowest BCUT2D eigenvalue weighted by molar-refractivity contribution is -0.132. The first-order valence-electron chi connectivity index (χ1n) is 6.17. The zero-order valence-electron chi connectivity index (χ0n) is 10.3. The van der Waals surface area contributed by atoms with Crippen molar-refractivity contribution in [2.24, 2.45) is 0 Å². The Morgan fingerprint density at radius 1 is 1.37 bits per heavy atom. The highest BCUT2D eigenvalue weighted by atomic mass is 19.4. The predicted molar refractivity (Wildman–Crippen MR) is 66.3 cm³/mol. The number of hydrogen-bond acceptors (Lipinski definition) is 2. The Hall–Kier alpha value is -1.72. The number of anilines is 1. The molecule has 0 fully saturated rings. The molecule has 0 bridgehead atoms. The molecule has 0 aliphatic carbocycles. The summed E-state index contributed by atoms with van der Waals surface area (Å²) in [6.07, 6.45) is -3.38. The molecule has 0 atom stereocenters. The van der Waals surface area contributed by atoms with Gasteiger partial charge < -0.3 is 10.6 Å². The summed E-state index contributed by atoms with van der Waals surface area (Å²) in [7, 11) is 0. The van der Waals surface area contributed by atoms with Crippen LogP contribution in [-0.2, 0) is 6.42 Å². The number of alkyl halides is 3. The molecule has 0 radical (unpaired) electrons. The second kappa shape index (κ2) is 5.50. The van der Waals surface area contributed by atoms with Gasteiger partial charge in [0.2, 0.25) is 0 Å². The minimum Gasteiger partial charge on any atom is -0.385 e. The number of benzene rings is 1. The summed E-state index contributed by atoms with van der Waals surface area (Å²) in [5.41, 5.74) is 2.44. The third kappa shape index (κ3) is 3.87. The van der Waals surface area contributed by atoms with Crippen molar-refractivity contribution >= 4 is 11.6 Å². The van der Waals surface area contributed by atoms with Crippen molar-refractivity contribution < 1.29 is 18.0 Å². The largest absolute Gasteiger partial charge is 0.390 e. The van der Waals surface area contributed by atoms with Crippen LogP contribution < -0.4 is 10.6 Å². The Balaban J connectivity index is 1.96. The standard InChI is InChI=1S/C13H15F3N2O/c14-13(15,16)5-7-18-12(19)10-3-4-11-9(8-10)2-1-6-17-11/h3-4,8,17H,1-2,5-7H2,(H,18,19). The molecule has 104 valence electrons. The van der Waals surface area contributed by atoms with Gasteiger partial charge in [0.25, 0.3) is 5.91 Å². The van der Waals surface area contributed by atoms with Crippen molar-refractivity contribution in [2.75, 3.05) is 18.4 Å². The van der Waals surface area contributed by atoms with Crippen LogP contribution >= 0.6 is 0 Å². The maximum atomic E-state index is 12.0. The number of amides is 1. The fraction of sp³-hybridized carbons (Fsp3) is 0.462. The molecule has 1 heterocycles. The zero-order valence-corrected chi connectivity index (χ0v) is 10.3. The van der Waals surface area contributed by atoms with E-state index in [0.717, 1.165) is 30.6 Å². The quantitative estimate of drug-likeness (QED) is 0.888. The van der Waals surface area contributed by atoms with Gasteiger partial charge in [-0.2, -0.15) is 13.2 Å². The van der Waals surface area contributed by atoms with E-state index in [2.05, 4.69) is 10.6 Å². The summed E-state index contributed by atoms with van der Waals surface area (Å²) < 4.78 is 35.9. The topological polar surface area (TPSA) is 41.1 Å². The van der Waals surface area contributed by atoms with Crippen molar-refractivity contribution in [3.05, 3.63) is 29.3 Å². The van der Waals surface area contributed by atoms with Crippen LogP contribution in [0, 0.1) is 0 Å². The Morgan fingerprint density at radius 2 is 2.16 bits per heavy atom. The van der Waals surface area contributed by atoms with Gasteiger partial charge in [0.15, 0.2) is 0 Å². The van der Waals surface area contributed by atoms with Crippen molar-refractivity contribution in [3.63, 3.8) is 0 Å². The molecule has 3 nitrogen and oxygen atoms in total. The predicted octanol–water partition coefficient (Wildman–Crippen LogP) is 2.73. The van der Waals surface area contributed by atoms with Crippen LogP contribution in [-0.4, -0.2) is 25.2 Å². The maximum absolute atomic E-state index is 12.0. The average molecular weight is 272 g/mol. The van der Waals surface area contributed by atoms with Crippen LogP contribution in [0.15, 0.2) is 18.2 Å². The molecule has 1 aromatic rings. The second-order valence-corrected chi connectivity index (χ2v) is 4.52. The molecular formula is C13H15F3N2O. The SMILES string of the molecule is O=C(NCCC(F)(F)F)c1ccc2c(c1)CCCN2. The number of halogens is 3. The highest BCUT2D eigenvalue weighted by Crippen LogP contribution is 2.23. The summed E-state index contributed by atoms with van der Waals surface area (Å²) >= 11 is 0. The maximum Gasteiger partial charge on any atom is 0.390 e. The summed E-state index contributed by atoms with van der Waals surface area (Å²) in [6, 6.07) is 5.16. The number of carbonyl (C=O) groups is 1. The van der Waals surface area contributed by atoms with Crippen LogP contribution in [0.25, 0.3) is 0 Å². The van der Waals surface area contributed by atoms with E-state index >= 15 is 0 Å². The van der Waals surface area contributed by atoms with Crippen molar-refractivity contribution in [1.82, 2.24) is 5.32 Å².